The molecule has 4 rings (SSSR count). The molecule has 0 amide bonds. The van der Waals surface area contributed by atoms with Crippen molar-refractivity contribution in [1.82, 2.24) is 14.8 Å². The fourth-order valence-electron chi connectivity index (χ4n) is 6.14. The molecule has 1 unspecified atom stereocenters. The molecule has 0 aliphatic carbocycles. The van der Waals surface area contributed by atoms with Crippen molar-refractivity contribution < 1.29 is 14.3 Å². The van der Waals surface area contributed by atoms with Gasteiger partial charge < -0.3 is 20.1 Å². The highest BCUT2D eigenvalue weighted by Gasteiger charge is 2.49. The number of pyridine rings is 1. The van der Waals surface area contributed by atoms with Crippen LogP contribution >= 0.6 is 0 Å². The van der Waals surface area contributed by atoms with Gasteiger partial charge in [0, 0.05) is 58.2 Å². The Bertz CT molecular complexity index is 774. The first kappa shape index (κ1) is 22.5. The van der Waals surface area contributed by atoms with Crippen LogP contribution in [0, 0.1) is 12.3 Å². The summed E-state index contributed by atoms with van der Waals surface area (Å²) < 4.78 is 11.6. The Kier molecular flexibility index (Phi) is 6.84. The minimum absolute atomic E-state index is 0.109. The number of rotatable bonds is 7. The van der Waals surface area contributed by atoms with Crippen LogP contribution in [0.3, 0.4) is 0 Å². The lowest BCUT2D eigenvalue weighted by molar-refractivity contribution is -0.159. The van der Waals surface area contributed by atoms with E-state index in [9.17, 15) is 4.79 Å². The SMILES string of the molecule is COC(=O)C1(CCNc2ccc([N+]3([C@@H]4CCNC4)CCC[C@@H]3C)nc2C)CCOCC1. The molecule has 3 fully saturated rings. The smallest absolute Gasteiger partial charge is 0.312 e. The van der Waals surface area contributed by atoms with Crippen LogP contribution < -0.4 is 15.1 Å². The first-order valence-electron chi connectivity index (χ1n) is 12.0. The van der Waals surface area contributed by atoms with Gasteiger partial charge in [-0.1, -0.05) is 0 Å². The molecule has 7 nitrogen and oxygen atoms in total. The summed E-state index contributed by atoms with van der Waals surface area (Å²) in [5, 5.41) is 7.11. The second-order valence-corrected chi connectivity index (χ2v) is 9.66. The largest absolute Gasteiger partial charge is 0.469 e. The third-order valence-corrected chi connectivity index (χ3v) is 8.11. The van der Waals surface area contributed by atoms with Gasteiger partial charge in [0.05, 0.1) is 36.5 Å². The zero-order valence-corrected chi connectivity index (χ0v) is 19.4. The minimum Gasteiger partial charge on any atom is -0.469 e. The average Bonchev–Trinajstić information content (AvgIpc) is 3.45. The quantitative estimate of drug-likeness (QED) is 0.511. The maximum Gasteiger partial charge on any atom is 0.312 e. The first-order chi connectivity index (χ1) is 15.0. The molecular weight excluding hydrogens is 392 g/mol. The van der Waals surface area contributed by atoms with Crippen molar-refractivity contribution in [2.45, 2.75) is 64.5 Å². The monoisotopic (exact) mass is 431 g/mol. The lowest BCUT2D eigenvalue weighted by atomic mass is 9.77. The minimum atomic E-state index is -0.434. The summed E-state index contributed by atoms with van der Waals surface area (Å²) in [5.74, 6) is 1.11. The van der Waals surface area contributed by atoms with E-state index in [4.69, 9.17) is 14.5 Å². The first-order valence-corrected chi connectivity index (χ1v) is 12.0. The molecule has 172 valence electrons. The van der Waals surface area contributed by atoms with Gasteiger partial charge in [0.25, 0.3) is 0 Å². The maximum absolute atomic E-state index is 12.5. The Labute approximate surface area is 186 Å². The number of aryl methyl sites for hydroxylation is 1. The number of ether oxygens (including phenoxy) is 2. The van der Waals surface area contributed by atoms with Crippen LogP contribution in [-0.2, 0) is 14.3 Å². The molecule has 3 aliphatic rings. The summed E-state index contributed by atoms with van der Waals surface area (Å²) >= 11 is 0. The van der Waals surface area contributed by atoms with Crippen molar-refractivity contribution in [3.63, 3.8) is 0 Å². The Hall–Kier alpha value is -1.70. The molecule has 0 radical (unpaired) electrons. The van der Waals surface area contributed by atoms with Gasteiger partial charge in [-0.15, -0.1) is 0 Å². The van der Waals surface area contributed by atoms with Gasteiger partial charge in [-0.25, -0.2) is 0 Å². The Morgan fingerprint density at radius 1 is 1.35 bits per heavy atom. The fourth-order valence-corrected chi connectivity index (χ4v) is 6.14. The Morgan fingerprint density at radius 3 is 2.77 bits per heavy atom. The van der Waals surface area contributed by atoms with E-state index in [0.29, 0.717) is 25.3 Å². The molecule has 0 aromatic carbocycles. The van der Waals surface area contributed by atoms with E-state index in [0.717, 1.165) is 54.8 Å². The molecule has 3 atom stereocenters. The molecule has 3 saturated heterocycles. The maximum atomic E-state index is 12.5. The highest BCUT2D eigenvalue weighted by atomic mass is 16.5. The molecule has 2 N–H and O–H groups in total. The summed E-state index contributed by atoms with van der Waals surface area (Å²) in [5.41, 5.74) is 1.67. The van der Waals surface area contributed by atoms with E-state index >= 15 is 0 Å². The zero-order valence-electron chi connectivity index (χ0n) is 19.4. The number of likely N-dealkylation sites (tertiary alicyclic amines) is 1. The van der Waals surface area contributed by atoms with E-state index in [1.54, 1.807) is 0 Å². The second kappa shape index (κ2) is 9.43. The number of nitrogens with zero attached hydrogens (tertiary/aromatic N) is 2. The summed E-state index contributed by atoms with van der Waals surface area (Å²) in [6.45, 7) is 9.86. The fraction of sp³-hybridized carbons (Fsp3) is 0.750. The number of hydrogen-bond donors (Lipinski definition) is 2. The molecule has 0 spiro atoms. The number of anilines is 1. The molecule has 7 heteroatoms. The van der Waals surface area contributed by atoms with E-state index in [1.165, 1.54) is 38.7 Å². The van der Waals surface area contributed by atoms with E-state index in [1.807, 2.05) is 0 Å². The molecule has 0 saturated carbocycles. The number of quaternary nitrogens is 1. The lowest BCUT2D eigenvalue weighted by Gasteiger charge is -2.42. The number of carbonyl (C=O) groups excluding carboxylic acids is 1. The van der Waals surface area contributed by atoms with Gasteiger partial charge in [-0.05, 0) is 39.2 Å². The number of carbonyl (C=O) groups is 1. The van der Waals surface area contributed by atoms with Crippen LogP contribution in [0.2, 0.25) is 0 Å². The number of nitrogens with one attached hydrogen (secondary N) is 2. The number of esters is 1. The van der Waals surface area contributed by atoms with Crippen molar-refractivity contribution >= 4 is 17.5 Å². The summed E-state index contributed by atoms with van der Waals surface area (Å²) in [6, 6.07) is 5.67. The van der Waals surface area contributed by atoms with Crippen LogP contribution in [0.1, 0.15) is 51.1 Å². The number of aromatic nitrogens is 1. The van der Waals surface area contributed by atoms with Crippen LogP contribution in [-0.4, -0.2) is 69.5 Å². The molecule has 4 heterocycles. The standard InChI is InChI=1S/C24H39N4O3/c1-18-5-4-14-28(18,20-8-12-25-17-20)22-7-6-21(19(2)27-22)26-13-9-24(23(29)30-3)10-15-31-16-11-24/h6-7,18,20,25-26H,4-5,8-17H2,1-3H3/q+1/t18-,20+,28?/m0/s1. The molecule has 1 aromatic rings. The third-order valence-electron chi connectivity index (χ3n) is 8.11. The van der Waals surface area contributed by atoms with Gasteiger partial charge in [0.2, 0.25) is 5.82 Å². The van der Waals surface area contributed by atoms with Crippen molar-refractivity contribution in [3.8, 4) is 0 Å². The normalized spacial score (nSPS) is 30.3. The number of hydrogen-bond acceptors (Lipinski definition) is 6. The van der Waals surface area contributed by atoms with Crippen molar-refractivity contribution in [1.29, 1.82) is 0 Å². The summed E-state index contributed by atoms with van der Waals surface area (Å²) in [6.07, 6.45) is 5.98. The number of methoxy groups -OCH3 is 1. The van der Waals surface area contributed by atoms with Gasteiger partial charge >= 0.3 is 5.97 Å². The van der Waals surface area contributed by atoms with Crippen LogP contribution in [0.15, 0.2) is 12.1 Å². The van der Waals surface area contributed by atoms with Gasteiger partial charge in [0.15, 0.2) is 0 Å². The van der Waals surface area contributed by atoms with Gasteiger partial charge in [0.1, 0.15) is 6.04 Å². The topological polar surface area (TPSA) is 72.5 Å². The highest BCUT2D eigenvalue weighted by Crippen LogP contribution is 2.39. The molecular formula is C24H39N4O3+. The summed E-state index contributed by atoms with van der Waals surface area (Å²) in [4.78, 5) is 17.6. The Morgan fingerprint density at radius 2 is 2.16 bits per heavy atom. The van der Waals surface area contributed by atoms with Gasteiger partial charge in [-0.2, -0.15) is 4.98 Å². The van der Waals surface area contributed by atoms with E-state index < -0.39 is 5.41 Å². The van der Waals surface area contributed by atoms with Crippen LogP contribution in [0.5, 0.6) is 0 Å². The molecule has 3 aliphatic heterocycles. The Balaban J connectivity index is 1.47. The molecule has 31 heavy (non-hydrogen) atoms. The van der Waals surface area contributed by atoms with E-state index in [-0.39, 0.29) is 5.97 Å². The van der Waals surface area contributed by atoms with Gasteiger partial charge in [-0.3, -0.25) is 9.28 Å². The zero-order chi connectivity index (χ0) is 21.9. The van der Waals surface area contributed by atoms with Crippen molar-refractivity contribution in [2.75, 3.05) is 51.8 Å². The van der Waals surface area contributed by atoms with Crippen molar-refractivity contribution in [2.24, 2.45) is 5.41 Å². The average molecular weight is 432 g/mol. The second-order valence-electron chi connectivity index (χ2n) is 9.66. The summed E-state index contributed by atoms with van der Waals surface area (Å²) in [7, 11) is 1.48. The van der Waals surface area contributed by atoms with Crippen LogP contribution in [0.4, 0.5) is 11.5 Å². The predicted octanol–water partition coefficient (Wildman–Crippen LogP) is 3.01. The highest BCUT2D eigenvalue weighted by molar-refractivity contribution is 5.77. The lowest BCUT2D eigenvalue weighted by Crippen LogP contribution is -2.60. The molecule has 1 aromatic heterocycles. The van der Waals surface area contributed by atoms with Crippen molar-refractivity contribution in [3.05, 3.63) is 17.8 Å². The molecule has 0 bridgehead atoms. The predicted molar refractivity (Wildman–Crippen MR) is 123 cm³/mol. The van der Waals surface area contributed by atoms with Crippen LogP contribution in [0.25, 0.3) is 0 Å². The van der Waals surface area contributed by atoms with E-state index in [2.05, 4.69) is 36.6 Å². The third kappa shape index (κ3) is 4.20.